The van der Waals surface area contributed by atoms with Crippen LogP contribution in [-0.4, -0.2) is 25.1 Å². The zero-order chi connectivity index (χ0) is 21.1. The van der Waals surface area contributed by atoms with Gasteiger partial charge in [0.05, 0.1) is 31.2 Å². The lowest BCUT2D eigenvalue weighted by molar-refractivity contribution is -0.115. The minimum Gasteiger partial charge on any atom is -0.493 e. The molecule has 0 bridgehead atoms. The number of nitrogens with one attached hydrogen (secondary N) is 1. The summed E-state index contributed by atoms with van der Waals surface area (Å²) < 4.78 is 16.3. The number of amides is 1. The molecule has 1 heterocycles. The van der Waals surface area contributed by atoms with Gasteiger partial charge in [0, 0.05) is 5.69 Å². The van der Waals surface area contributed by atoms with Gasteiger partial charge < -0.3 is 19.2 Å². The van der Waals surface area contributed by atoms with Crippen LogP contribution >= 0.6 is 11.6 Å². The Balaban J connectivity index is 1.51. The van der Waals surface area contributed by atoms with Crippen molar-refractivity contribution in [2.75, 3.05) is 19.5 Å². The summed E-state index contributed by atoms with van der Waals surface area (Å²) in [4.78, 5) is 17.0. The summed E-state index contributed by atoms with van der Waals surface area (Å²) in [6.07, 6.45) is 0.197. The van der Waals surface area contributed by atoms with Crippen molar-refractivity contribution in [2.24, 2.45) is 0 Å². The third kappa shape index (κ3) is 4.09. The number of methoxy groups -OCH3 is 2. The number of anilines is 1. The second-order valence-corrected chi connectivity index (χ2v) is 7.00. The summed E-state index contributed by atoms with van der Waals surface area (Å²) in [6, 6.07) is 18.1. The highest BCUT2D eigenvalue weighted by Crippen LogP contribution is 2.31. The molecular formula is C23H19ClN2O4. The first-order chi connectivity index (χ1) is 14.6. The van der Waals surface area contributed by atoms with Crippen molar-refractivity contribution in [1.29, 1.82) is 0 Å². The van der Waals surface area contributed by atoms with E-state index in [9.17, 15) is 4.79 Å². The number of carbonyl (C=O) groups is 1. The highest BCUT2D eigenvalue weighted by molar-refractivity contribution is 6.33. The number of oxazole rings is 1. The minimum absolute atomic E-state index is 0.156. The normalized spacial score (nSPS) is 10.8. The van der Waals surface area contributed by atoms with E-state index >= 15 is 0 Å². The number of aromatic nitrogens is 1. The quantitative estimate of drug-likeness (QED) is 0.453. The molecule has 0 spiro atoms. The molecule has 1 aromatic heterocycles. The fourth-order valence-corrected chi connectivity index (χ4v) is 3.35. The molecule has 1 amide bonds. The molecule has 1 N–H and O–H groups in total. The molecule has 0 unspecified atom stereocenters. The van der Waals surface area contributed by atoms with E-state index in [4.69, 9.17) is 25.5 Å². The summed E-state index contributed by atoms with van der Waals surface area (Å²) in [5.41, 5.74) is 3.41. The van der Waals surface area contributed by atoms with Crippen molar-refractivity contribution >= 4 is 34.3 Å². The molecule has 0 atom stereocenters. The summed E-state index contributed by atoms with van der Waals surface area (Å²) >= 11 is 6.23. The highest BCUT2D eigenvalue weighted by Gasteiger charge is 2.13. The van der Waals surface area contributed by atoms with E-state index in [1.165, 1.54) is 0 Å². The SMILES string of the molecule is COc1ccc(CC(=O)Nc2ccc3oc(-c4ccccc4Cl)nc3c2)cc1OC. The van der Waals surface area contributed by atoms with Gasteiger partial charge in [-0.05, 0) is 48.0 Å². The Morgan fingerprint density at radius 2 is 1.83 bits per heavy atom. The summed E-state index contributed by atoms with van der Waals surface area (Å²) in [6.45, 7) is 0. The Morgan fingerprint density at radius 3 is 2.60 bits per heavy atom. The smallest absolute Gasteiger partial charge is 0.228 e. The largest absolute Gasteiger partial charge is 0.493 e. The first-order valence-corrected chi connectivity index (χ1v) is 9.61. The Bertz CT molecular complexity index is 1220. The van der Waals surface area contributed by atoms with Gasteiger partial charge in [0.1, 0.15) is 5.52 Å². The van der Waals surface area contributed by atoms with Crippen molar-refractivity contribution < 1.29 is 18.7 Å². The first kappa shape index (κ1) is 19.8. The fourth-order valence-electron chi connectivity index (χ4n) is 3.14. The van der Waals surface area contributed by atoms with Crippen LogP contribution < -0.4 is 14.8 Å². The van der Waals surface area contributed by atoms with Crippen LogP contribution in [0.5, 0.6) is 11.5 Å². The van der Waals surface area contributed by atoms with Crippen LogP contribution in [-0.2, 0) is 11.2 Å². The monoisotopic (exact) mass is 422 g/mol. The molecule has 7 heteroatoms. The number of fused-ring (bicyclic) bond motifs is 1. The lowest BCUT2D eigenvalue weighted by atomic mass is 10.1. The van der Waals surface area contributed by atoms with Crippen molar-refractivity contribution in [1.82, 2.24) is 4.98 Å². The Hall–Kier alpha value is -3.51. The summed E-state index contributed by atoms with van der Waals surface area (Å²) in [5.74, 6) is 1.48. The van der Waals surface area contributed by atoms with E-state index in [1.807, 2.05) is 24.3 Å². The molecule has 3 aromatic carbocycles. The Labute approximate surface area is 178 Å². The lowest BCUT2D eigenvalue weighted by Gasteiger charge is -2.10. The first-order valence-electron chi connectivity index (χ1n) is 9.23. The number of nitrogens with zero attached hydrogens (tertiary/aromatic N) is 1. The second-order valence-electron chi connectivity index (χ2n) is 6.60. The maximum atomic E-state index is 12.5. The number of ether oxygens (including phenoxy) is 2. The van der Waals surface area contributed by atoms with Crippen molar-refractivity contribution in [3.63, 3.8) is 0 Å². The van der Waals surface area contributed by atoms with E-state index in [0.717, 1.165) is 11.1 Å². The zero-order valence-electron chi connectivity index (χ0n) is 16.4. The van der Waals surface area contributed by atoms with E-state index in [2.05, 4.69) is 10.3 Å². The van der Waals surface area contributed by atoms with E-state index in [0.29, 0.717) is 39.2 Å². The highest BCUT2D eigenvalue weighted by atomic mass is 35.5. The molecule has 152 valence electrons. The molecule has 0 aliphatic rings. The van der Waals surface area contributed by atoms with Gasteiger partial charge in [0.2, 0.25) is 11.8 Å². The zero-order valence-corrected chi connectivity index (χ0v) is 17.2. The maximum absolute atomic E-state index is 12.5. The summed E-state index contributed by atoms with van der Waals surface area (Å²) in [5, 5.41) is 3.45. The van der Waals surface area contributed by atoms with Gasteiger partial charge in [-0.3, -0.25) is 4.79 Å². The number of carbonyl (C=O) groups excluding carboxylic acids is 1. The van der Waals surface area contributed by atoms with Crippen LogP contribution in [0.15, 0.2) is 65.1 Å². The number of rotatable bonds is 6. The number of hydrogen-bond acceptors (Lipinski definition) is 5. The van der Waals surface area contributed by atoms with Crippen LogP contribution in [0.2, 0.25) is 5.02 Å². The number of benzene rings is 3. The number of halogens is 1. The van der Waals surface area contributed by atoms with E-state index < -0.39 is 0 Å². The van der Waals surface area contributed by atoms with Crippen LogP contribution in [0, 0.1) is 0 Å². The third-order valence-corrected chi connectivity index (χ3v) is 4.92. The van der Waals surface area contributed by atoms with Gasteiger partial charge in [-0.2, -0.15) is 0 Å². The van der Waals surface area contributed by atoms with Gasteiger partial charge in [0.15, 0.2) is 17.1 Å². The molecule has 0 radical (unpaired) electrons. The van der Waals surface area contributed by atoms with Gasteiger partial charge in [0.25, 0.3) is 0 Å². The molecule has 0 saturated heterocycles. The van der Waals surface area contributed by atoms with Crippen LogP contribution in [0.1, 0.15) is 5.56 Å². The Morgan fingerprint density at radius 1 is 1.03 bits per heavy atom. The van der Waals surface area contributed by atoms with Crippen molar-refractivity contribution in [3.8, 4) is 23.0 Å². The third-order valence-electron chi connectivity index (χ3n) is 4.59. The average molecular weight is 423 g/mol. The molecule has 0 aliphatic carbocycles. The van der Waals surface area contributed by atoms with Crippen LogP contribution in [0.3, 0.4) is 0 Å². The molecule has 0 aliphatic heterocycles. The van der Waals surface area contributed by atoms with Crippen molar-refractivity contribution in [3.05, 3.63) is 71.2 Å². The van der Waals surface area contributed by atoms with Gasteiger partial charge in [-0.15, -0.1) is 0 Å². The molecule has 6 nitrogen and oxygen atoms in total. The molecule has 0 saturated carbocycles. The van der Waals surface area contributed by atoms with E-state index in [-0.39, 0.29) is 12.3 Å². The van der Waals surface area contributed by atoms with Gasteiger partial charge >= 0.3 is 0 Å². The van der Waals surface area contributed by atoms with Crippen LogP contribution in [0.4, 0.5) is 5.69 Å². The standard InChI is InChI=1S/C23H19ClN2O4/c1-28-20-9-7-14(11-21(20)29-2)12-22(27)25-15-8-10-19-18(13-15)26-23(30-19)16-5-3-4-6-17(16)24/h3-11,13H,12H2,1-2H3,(H,25,27). The molecule has 4 aromatic rings. The van der Waals surface area contributed by atoms with Crippen molar-refractivity contribution in [2.45, 2.75) is 6.42 Å². The Kier molecular flexibility index (Phi) is 5.59. The number of hydrogen-bond donors (Lipinski definition) is 1. The fraction of sp³-hybridized carbons (Fsp3) is 0.130. The van der Waals surface area contributed by atoms with Gasteiger partial charge in [-0.25, -0.2) is 4.98 Å². The molecule has 0 fully saturated rings. The summed E-state index contributed by atoms with van der Waals surface area (Å²) in [7, 11) is 3.13. The van der Waals surface area contributed by atoms with E-state index in [1.54, 1.807) is 50.6 Å². The molecule has 30 heavy (non-hydrogen) atoms. The molecule has 4 rings (SSSR count). The topological polar surface area (TPSA) is 73.6 Å². The maximum Gasteiger partial charge on any atom is 0.228 e. The average Bonchev–Trinajstić information content (AvgIpc) is 3.17. The lowest BCUT2D eigenvalue weighted by Crippen LogP contribution is -2.14. The second kappa shape index (κ2) is 8.47. The predicted molar refractivity (Wildman–Crippen MR) is 116 cm³/mol. The molecular weight excluding hydrogens is 404 g/mol. The van der Waals surface area contributed by atoms with Gasteiger partial charge in [-0.1, -0.05) is 29.8 Å². The van der Waals surface area contributed by atoms with Crippen LogP contribution in [0.25, 0.3) is 22.6 Å². The predicted octanol–water partition coefficient (Wildman–Crippen LogP) is 5.35. The minimum atomic E-state index is -0.156.